The summed E-state index contributed by atoms with van der Waals surface area (Å²) in [5.74, 6) is 1.44. The Morgan fingerprint density at radius 1 is 1.50 bits per heavy atom. The standard InChI is InChI=1S/C7H15N5/c1-4-5-8-6-9-7(11-10-6)12(2)3/h4-5H2,1-3H3,(H2,8,9,10,11). The van der Waals surface area contributed by atoms with Gasteiger partial charge in [0.1, 0.15) is 0 Å². The number of aromatic amines is 1. The van der Waals surface area contributed by atoms with Gasteiger partial charge in [0.25, 0.3) is 0 Å². The molecule has 68 valence electrons. The van der Waals surface area contributed by atoms with E-state index < -0.39 is 0 Å². The third-order valence-electron chi connectivity index (χ3n) is 1.42. The van der Waals surface area contributed by atoms with E-state index in [9.17, 15) is 0 Å². The molecule has 0 amide bonds. The van der Waals surface area contributed by atoms with Crippen LogP contribution in [-0.4, -0.2) is 35.8 Å². The van der Waals surface area contributed by atoms with Crippen LogP contribution in [0.1, 0.15) is 13.3 Å². The van der Waals surface area contributed by atoms with Gasteiger partial charge in [-0.25, -0.2) is 5.10 Å². The minimum atomic E-state index is 0.702. The lowest BCUT2D eigenvalue weighted by Crippen LogP contribution is -2.10. The Bertz CT molecular complexity index is 229. The molecule has 0 aliphatic rings. The van der Waals surface area contributed by atoms with Gasteiger partial charge in [0.05, 0.1) is 0 Å². The summed E-state index contributed by atoms with van der Waals surface area (Å²) < 4.78 is 0. The summed E-state index contributed by atoms with van der Waals surface area (Å²) in [6.45, 7) is 3.03. The molecule has 5 nitrogen and oxygen atoms in total. The van der Waals surface area contributed by atoms with E-state index in [1.54, 1.807) is 0 Å². The number of hydrogen-bond acceptors (Lipinski definition) is 4. The van der Waals surface area contributed by atoms with E-state index in [0.717, 1.165) is 18.9 Å². The lowest BCUT2D eigenvalue weighted by atomic mass is 10.5. The van der Waals surface area contributed by atoms with Gasteiger partial charge in [0.2, 0.25) is 11.9 Å². The van der Waals surface area contributed by atoms with Crippen LogP contribution in [0.3, 0.4) is 0 Å². The van der Waals surface area contributed by atoms with Crippen molar-refractivity contribution >= 4 is 11.9 Å². The molecule has 0 saturated carbocycles. The number of aromatic nitrogens is 3. The fourth-order valence-electron chi connectivity index (χ4n) is 0.775. The molecule has 0 atom stereocenters. The molecule has 5 heteroatoms. The highest BCUT2D eigenvalue weighted by Crippen LogP contribution is 2.04. The predicted molar refractivity (Wildman–Crippen MR) is 49.5 cm³/mol. The maximum Gasteiger partial charge on any atom is 0.245 e. The molecule has 0 unspecified atom stereocenters. The van der Waals surface area contributed by atoms with E-state index in [4.69, 9.17) is 0 Å². The van der Waals surface area contributed by atoms with Crippen molar-refractivity contribution in [2.45, 2.75) is 13.3 Å². The number of anilines is 2. The molecule has 1 rings (SSSR count). The Hall–Kier alpha value is -1.26. The van der Waals surface area contributed by atoms with Gasteiger partial charge in [-0.05, 0) is 6.42 Å². The third-order valence-corrected chi connectivity index (χ3v) is 1.42. The van der Waals surface area contributed by atoms with Gasteiger partial charge in [0.15, 0.2) is 0 Å². The molecule has 0 bridgehead atoms. The zero-order valence-electron chi connectivity index (χ0n) is 7.76. The molecule has 1 heterocycles. The number of nitrogens with one attached hydrogen (secondary N) is 2. The summed E-state index contributed by atoms with van der Waals surface area (Å²) in [5, 5.41) is 9.92. The van der Waals surface area contributed by atoms with Gasteiger partial charge in [-0.3, -0.25) is 0 Å². The van der Waals surface area contributed by atoms with Crippen molar-refractivity contribution in [3.63, 3.8) is 0 Å². The van der Waals surface area contributed by atoms with Crippen molar-refractivity contribution in [3.8, 4) is 0 Å². The van der Waals surface area contributed by atoms with Crippen LogP contribution >= 0.6 is 0 Å². The third kappa shape index (κ3) is 2.11. The lowest BCUT2D eigenvalue weighted by Gasteiger charge is -2.03. The number of rotatable bonds is 4. The Balaban J connectivity index is 2.52. The molecule has 2 N–H and O–H groups in total. The van der Waals surface area contributed by atoms with Crippen LogP contribution in [0.5, 0.6) is 0 Å². The van der Waals surface area contributed by atoms with Gasteiger partial charge in [-0.2, -0.15) is 4.98 Å². The Morgan fingerprint density at radius 3 is 2.75 bits per heavy atom. The Labute approximate surface area is 72.2 Å². The van der Waals surface area contributed by atoms with Crippen molar-refractivity contribution in [1.29, 1.82) is 0 Å². The molecule has 1 aromatic heterocycles. The normalized spacial score (nSPS) is 9.92. The number of H-pyrrole nitrogens is 1. The molecule has 0 aliphatic carbocycles. The first-order valence-corrected chi connectivity index (χ1v) is 4.07. The second-order valence-corrected chi connectivity index (χ2v) is 2.81. The predicted octanol–water partition coefficient (Wildman–Crippen LogP) is 0.693. The molecular formula is C7H15N5. The van der Waals surface area contributed by atoms with E-state index in [1.165, 1.54) is 0 Å². The first-order valence-electron chi connectivity index (χ1n) is 4.07. The summed E-state index contributed by atoms with van der Waals surface area (Å²) in [6.07, 6.45) is 1.08. The number of hydrogen-bond donors (Lipinski definition) is 2. The van der Waals surface area contributed by atoms with Crippen LogP contribution in [0.15, 0.2) is 0 Å². The molecule has 0 fully saturated rings. The minimum absolute atomic E-state index is 0.702. The molecule has 12 heavy (non-hydrogen) atoms. The highest BCUT2D eigenvalue weighted by atomic mass is 15.4. The fraction of sp³-hybridized carbons (Fsp3) is 0.714. The van der Waals surface area contributed by atoms with Gasteiger partial charge in [-0.15, -0.1) is 5.10 Å². The van der Waals surface area contributed by atoms with E-state index in [-0.39, 0.29) is 0 Å². The largest absolute Gasteiger partial charge is 0.355 e. The van der Waals surface area contributed by atoms with Crippen molar-refractivity contribution in [2.24, 2.45) is 0 Å². The molecule has 1 aromatic rings. The highest BCUT2D eigenvalue weighted by molar-refractivity contribution is 5.34. The van der Waals surface area contributed by atoms with Crippen molar-refractivity contribution < 1.29 is 0 Å². The second-order valence-electron chi connectivity index (χ2n) is 2.81. The maximum atomic E-state index is 4.20. The first kappa shape index (κ1) is 8.83. The molecular weight excluding hydrogens is 154 g/mol. The Kier molecular flexibility index (Phi) is 2.90. The molecule has 0 aliphatic heterocycles. The van der Waals surface area contributed by atoms with E-state index in [1.807, 2.05) is 19.0 Å². The Morgan fingerprint density at radius 2 is 2.25 bits per heavy atom. The maximum absolute atomic E-state index is 4.20. The first-order chi connectivity index (χ1) is 5.74. The van der Waals surface area contributed by atoms with Crippen molar-refractivity contribution in [1.82, 2.24) is 15.2 Å². The molecule has 0 aromatic carbocycles. The van der Waals surface area contributed by atoms with Gasteiger partial charge < -0.3 is 10.2 Å². The quantitative estimate of drug-likeness (QED) is 0.696. The molecule has 0 spiro atoms. The molecule has 0 saturated heterocycles. The smallest absolute Gasteiger partial charge is 0.245 e. The fourth-order valence-corrected chi connectivity index (χ4v) is 0.775. The summed E-state index contributed by atoms with van der Waals surface area (Å²) in [6, 6.07) is 0. The SMILES string of the molecule is CCCNc1nc(N(C)C)n[nH]1. The van der Waals surface area contributed by atoms with Crippen LogP contribution in [0, 0.1) is 0 Å². The van der Waals surface area contributed by atoms with E-state index in [0.29, 0.717) is 5.95 Å². The van der Waals surface area contributed by atoms with Crippen molar-refractivity contribution in [3.05, 3.63) is 0 Å². The monoisotopic (exact) mass is 169 g/mol. The number of nitrogens with zero attached hydrogens (tertiary/aromatic N) is 3. The van der Waals surface area contributed by atoms with Crippen LogP contribution in [0.2, 0.25) is 0 Å². The lowest BCUT2D eigenvalue weighted by molar-refractivity contribution is 0.953. The summed E-state index contributed by atoms with van der Waals surface area (Å²) in [4.78, 5) is 6.05. The van der Waals surface area contributed by atoms with Crippen LogP contribution in [0.4, 0.5) is 11.9 Å². The van der Waals surface area contributed by atoms with Gasteiger partial charge >= 0.3 is 0 Å². The van der Waals surface area contributed by atoms with Crippen LogP contribution in [-0.2, 0) is 0 Å². The van der Waals surface area contributed by atoms with Gasteiger partial charge in [-0.1, -0.05) is 6.92 Å². The average molecular weight is 169 g/mol. The second kappa shape index (κ2) is 3.94. The van der Waals surface area contributed by atoms with Crippen LogP contribution < -0.4 is 10.2 Å². The van der Waals surface area contributed by atoms with Gasteiger partial charge in [0, 0.05) is 20.6 Å². The zero-order valence-corrected chi connectivity index (χ0v) is 7.76. The van der Waals surface area contributed by atoms with Crippen LogP contribution in [0.25, 0.3) is 0 Å². The minimum Gasteiger partial charge on any atom is -0.355 e. The van der Waals surface area contributed by atoms with E-state index in [2.05, 4.69) is 27.4 Å². The highest BCUT2D eigenvalue weighted by Gasteiger charge is 2.02. The zero-order chi connectivity index (χ0) is 8.97. The summed E-state index contributed by atoms with van der Waals surface area (Å²) in [7, 11) is 3.82. The summed E-state index contributed by atoms with van der Waals surface area (Å²) >= 11 is 0. The molecule has 0 radical (unpaired) electrons. The average Bonchev–Trinajstić information content (AvgIpc) is 2.48. The summed E-state index contributed by atoms with van der Waals surface area (Å²) in [5.41, 5.74) is 0. The van der Waals surface area contributed by atoms with E-state index >= 15 is 0 Å². The topological polar surface area (TPSA) is 56.8 Å². The van der Waals surface area contributed by atoms with Crippen molar-refractivity contribution in [2.75, 3.05) is 30.9 Å².